The number of rotatable bonds is 2. The van der Waals surface area contributed by atoms with E-state index in [0.717, 1.165) is 11.3 Å². The molecule has 6 nitrogen and oxygen atoms in total. The summed E-state index contributed by atoms with van der Waals surface area (Å²) in [6.45, 7) is 1.55. The first-order valence-corrected chi connectivity index (χ1v) is 9.27. The van der Waals surface area contributed by atoms with E-state index >= 15 is 0 Å². The van der Waals surface area contributed by atoms with Crippen LogP contribution in [0.15, 0.2) is 42.5 Å². The molecule has 2 amide bonds. The van der Waals surface area contributed by atoms with Crippen molar-refractivity contribution in [2.24, 2.45) is 0 Å². The number of nitrogens with zero attached hydrogens (tertiary/aromatic N) is 1. The van der Waals surface area contributed by atoms with E-state index in [1.54, 1.807) is 30.2 Å². The highest BCUT2D eigenvalue weighted by molar-refractivity contribution is 6.30. The van der Waals surface area contributed by atoms with Crippen molar-refractivity contribution < 1.29 is 19.0 Å². The summed E-state index contributed by atoms with van der Waals surface area (Å²) in [5.41, 5.74) is 1.65. The van der Waals surface area contributed by atoms with Gasteiger partial charge in [0.15, 0.2) is 11.5 Å². The number of urea groups is 1. The Morgan fingerprint density at radius 3 is 2.74 bits per heavy atom. The van der Waals surface area contributed by atoms with Crippen LogP contribution in [0.1, 0.15) is 18.4 Å². The SMILES string of the molecule is COc1cccc2c1OC1(CCN(C(=O)Nc3cccc(Cl)c3)CC1)OC2. The highest BCUT2D eigenvalue weighted by Crippen LogP contribution is 2.42. The minimum Gasteiger partial charge on any atom is -0.493 e. The van der Waals surface area contributed by atoms with Crippen LogP contribution in [0.2, 0.25) is 5.02 Å². The molecule has 1 saturated heterocycles. The lowest BCUT2D eigenvalue weighted by atomic mass is 10.0. The summed E-state index contributed by atoms with van der Waals surface area (Å²) in [4.78, 5) is 14.3. The van der Waals surface area contributed by atoms with Crippen molar-refractivity contribution >= 4 is 23.3 Å². The zero-order chi connectivity index (χ0) is 18.9. The molecular formula is C20H21ClN2O4. The van der Waals surface area contributed by atoms with Crippen LogP contribution in [0, 0.1) is 0 Å². The van der Waals surface area contributed by atoms with Crippen molar-refractivity contribution in [3.8, 4) is 11.5 Å². The van der Waals surface area contributed by atoms with Crippen molar-refractivity contribution in [1.82, 2.24) is 4.90 Å². The fraction of sp³-hybridized carbons (Fsp3) is 0.350. The molecule has 1 spiro atoms. The third kappa shape index (κ3) is 3.68. The monoisotopic (exact) mass is 388 g/mol. The largest absolute Gasteiger partial charge is 0.493 e. The second-order valence-electron chi connectivity index (χ2n) is 6.68. The summed E-state index contributed by atoms with van der Waals surface area (Å²) >= 11 is 5.97. The zero-order valence-corrected chi connectivity index (χ0v) is 15.8. The molecule has 0 aliphatic carbocycles. The second kappa shape index (κ2) is 7.29. The molecule has 2 aromatic carbocycles. The number of nitrogens with one attached hydrogen (secondary N) is 1. The van der Waals surface area contributed by atoms with Gasteiger partial charge >= 0.3 is 6.03 Å². The molecule has 1 N–H and O–H groups in total. The van der Waals surface area contributed by atoms with Gasteiger partial charge < -0.3 is 24.4 Å². The van der Waals surface area contributed by atoms with E-state index in [1.165, 1.54) is 0 Å². The number of likely N-dealkylation sites (tertiary alicyclic amines) is 1. The average Bonchev–Trinajstić information content (AvgIpc) is 2.68. The van der Waals surface area contributed by atoms with Crippen LogP contribution in [0.4, 0.5) is 10.5 Å². The van der Waals surface area contributed by atoms with Gasteiger partial charge in [0.1, 0.15) is 0 Å². The average molecular weight is 389 g/mol. The van der Waals surface area contributed by atoms with Crippen molar-refractivity contribution in [3.63, 3.8) is 0 Å². The van der Waals surface area contributed by atoms with Crippen LogP contribution in [0.5, 0.6) is 11.5 Å². The summed E-state index contributed by atoms with van der Waals surface area (Å²) in [7, 11) is 1.63. The fourth-order valence-electron chi connectivity index (χ4n) is 3.44. The number of carbonyl (C=O) groups is 1. The highest BCUT2D eigenvalue weighted by atomic mass is 35.5. The third-order valence-corrected chi connectivity index (χ3v) is 5.18. The molecule has 0 aromatic heterocycles. The number of piperidine rings is 1. The normalized spacial score (nSPS) is 17.8. The Hall–Kier alpha value is -2.44. The number of anilines is 1. The number of carbonyl (C=O) groups excluding carboxylic acids is 1. The van der Waals surface area contributed by atoms with Gasteiger partial charge in [-0.2, -0.15) is 0 Å². The Kier molecular flexibility index (Phi) is 4.85. The van der Waals surface area contributed by atoms with E-state index in [2.05, 4.69) is 5.32 Å². The maximum atomic E-state index is 12.5. The summed E-state index contributed by atoms with van der Waals surface area (Å²) in [5.74, 6) is 0.730. The molecule has 142 valence electrons. The van der Waals surface area contributed by atoms with Gasteiger partial charge in [-0.25, -0.2) is 4.79 Å². The van der Waals surface area contributed by atoms with Crippen LogP contribution in [0.25, 0.3) is 0 Å². The highest BCUT2D eigenvalue weighted by Gasteiger charge is 2.42. The Labute approximate surface area is 163 Å². The van der Waals surface area contributed by atoms with Crippen molar-refractivity contribution in [2.45, 2.75) is 25.2 Å². The van der Waals surface area contributed by atoms with E-state index in [-0.39, 0.29) is 6.03 Å². The number of hydrogen-bond acceptors (Lipinski definition) is 4. The molecule has 2 aromatic rings. The minimum absolute atomic E-state index is 0.152. The van der Waals surface area contributed by atoms with E-state index in [9.17, 15) is 4.79 Å². The Morgan fingerprint density at radius 2 is 2.00 bits per heavy atom. The van der Waals surface area contributed by atoms with Crippen LogP contribution in [-0.2, 0) is 11.3 Å². The van der Waals surface area contributed by atoms with Gasteiger partial charge in [-0.1, -0.05) is 29.8 Å². The molecular weight excluding hydrogens is 368 g/mol. The smallest absolute Gasteiger partial charge is 0.321 e. The van der Waals surface area contributed by atoms with Crippen molar-refractivity contribution in [2.75, 3.05) is 25.5 Å². The molecule has 1 fully saturated rings. The van der Waals surface area contributed by atoms with E-state index < -0.39 is 5.79 Å². The number of benzene rings is 2. The number of amides is 2. The van der Waals surface area contributed by atoms with Crippen LogP contribution in [0.3, 0.4) is 0 Å². The van der Waals surface area contributed by atoms with Gasteiger partial charge in [-0.15, -0.1) is 0 Å². The van der Waals surface area contributed by atoms with Gasteiger partial charge in [-0.05, 0) is 24.3 Å². The molecule has 4 rings (SSSR count). The number of hydrogen-bond donors (Lipinski definition) is 1. The molecule has 0 unspecified atom stereocenters. The Morgan fingerprint density at radius 1 is 1.22 bits per heavy atom. The van der Waals surface area contributed by atoms with Crippen molar-refractivity contribution in [1.29, 1.82) is 0 Å². The molecule has 0 radical (unpaired) electrons. The quantitative estimate of drug-likeness (QED) is 0.834. The predicted molar refractivity (Wildman–Crippen MR) is 102 cm³/mol. The number of halogens is 1. The molecule has 2 aliphatic heterocycles. The second-order valence-corrected chi connectivity index (χ2v) is 7.11. The minimum atomic E-state index is -0.714. The van der Waals surface area contributed by atoms with Crippen molar-refractivity contribution in [3.05, 3.63) is 53.1 Å². The van der Waals surface area contributed by atoms with Crippen LogP contribution in [-0.4, -0.2) is 36.9 Å². The lowest BCUT2D eigenvalue weighted by Gasteiger charge is -2.44. The summed E-state index contributed by atoms with van der Waals surface area (Å²) < 4.78 is 17.7. The van der Waals surface area contributed by atoms with Gasteiger partial charge in [0, 0.05) is 42.2 Å². The standard InChI is InChI=1S/C20H21ClN2O4/c1-25-17-7-2-4-14-13-26-20(27-18(14)17)8-10-23(11-9-20)19(24)22-16-6-3-5-15(21)12-16/h2-7,12H,8-11,13H2,1H3,(H,22,24). The van der Waals surface area contributed by atoms with Gasteiger partial charge in [0.05, 0.1) is 13.7 Å². The van der Waals surface area contributed by atoms with E-state index in [4.69, 9.17) is 25.8 Å². The van der Waals surface area contributed by atoms with Gasteiger partial charge in [-0.3, -0.25) is 0 Å². The number of fused-ring (bicyclic) bond motifs is 1. The molecule has 0 atom stereocenters. The first-order chi connectivity index (χ1) is 13.1. The molecule has 2 heterocycles. The lowest BCUT2D eigenvalue weighted by Crippen LogP contribution is -2.53. The first kappa shape index (κ1) is 17.9. The Balaban J connectivity index is 1.41. The predicted octanol–water partition coefficient (Wildman–Crippen LogP) is 4.28. The molecule has 27 heavy (non-hydrogen) atoms. The maximum Gasteiger partial charge on any atom is 0.321 e. The van der Waals surface area contributed by atoms with Gasteiger partial charge in [0.25, 0.3) is 0 Å². The summed E-state index contributed by atoms with van der Waals surface area (Å²) in [6, 6.07) is 12.7. The number of methoxy groups -OCH3 is 1. The lowest BCUT2D eigenvalue weighted by molar-refractivity contribution is -0.225. The Bertz CT molecular complexity index is 835. The first-order valence-electron chi connectivity index (χ1n) is 8.89. The van der Waals surface area contributed by atoms with E-state index in [1.807, 2.05) is 24.3 Å². The van der Waals surface area contributed by atoms with E-state index in [0.29, 0.717) is 49.0 Å². The summed E-state index contributed by atoms with van der Waals surface area (Å²) in [5, 5.41) is 3.46. The fourth-order valence-corrected chi connectivity index (χ4v) is 3.63. The molecule has 0 bridgehead atoms. The third-order valence-electron chi connectivity index (χ3n) is 4.95. The van der Waals surface area contributed by atoms with Crippen LogP contribution >= 0.6 is 11.6 Å². The number of ether oxygens (including phenoxy) is 3. The zero-order valence-electron chi connectivity index (χ0n) is 15.0. The summed E-state index contributed by atoms with van der Waals surface area (Å²) in [6.07, 6.45) is 1.18. The molecule has 7 heteroatoms. The molecule has 0 saturated carbocycles. The number of para-hydroxylation sites is 1. The molecule has 2 aliphatic rings. The maximum absolute atomic E-state index is 12.5. The van der Waals surface area contributed by atoms with Gasteiger partial charge in [0.2, 0.25) is 5.79 Å². The van der Waals surface area contributed by atoms with Crippen LogP contribution < -0.4 is 14.8 Å². The topological polar surface area (TPSA) is 60.0 Å².